The molecule has 27 heavy (non-hydrogen) atoms. The van der Waals surface area contributed by atoms with Crippen LogP contribution in [0.25, 0.3) is 0 Å². The first-order valence-corrected chi connectivity index (χ1v) is 8.04. The van der Waals surface area contributed by atoms with Crippen LogP contribution in [0, 0.1) is 10.1 Å². The summed E-state index contributed by atoms with van der Waals surface area (Å²) >= 11 is 0. The molecule has 0 heterocycles. The lowest BCUT2D eigenvalue weighted by Gasteiger charge is -2.13. The normalized spacial score (nSPS) is 10.1. The molecule has 0 aliphatic carbocycles. The zero-order valence-electron chi connectivity index (χ0n) is 15.0. The van der Waals surface area contributed by atoms with E-state index >= 15 is 0 Å². The molecule has 8 nitrogen and oxygen atoms in total. The Morgan fingerprint density at radius 1 is 1.22 bits per heavy atom. The van der Waals surface area contributed by atoms with Crippen LogP contribution in [0.5, 0.6) is 17.2 Å². The van der Waals surface area contributed by atoms with Gasteiger partial charge in [0.05, 0.1) is 19.1 Å². The van der Waals surface area contributed by atoms with E-state index in [-0.39, 0.29) is 12.0 Å². The summed E-state index contributed by atoms with van der Waals surface area (Å²) in [6, 6.07) is 7.91. The van der Waals surface area contributed by atoms with Gasteiger partial charge in [-0.2, -0.15) is 0 Å². The van der Waals surface area contributed by atoms with Gasteiger partial charge in [0.2, 0.25) is 5.91 Å². The number of benzene rings is 2. The molecule has 0 saturated carbocycles. The molecule has 0 aromatic heterocycles. The molecule has 0 unspecified atom stereocenters. The highest BCUT2D eigenvalue weighted by Gasteiger charge is 2.21. The SMILES string of the molecule is C=CC(=O)Nc1ccc([N+](=O)[O-])c(O)c1CCc1ccc(OC)c(OC)c1. The van der Waals surface area contributed by atoms with Crippen LogP contribution >= 0.6 is 0 Å². The van der Waals surface area contributed by atoms with Crippen molar-refractivity contribution in [3.05, 3.63) is 64.2 Å². The van der Waals surface area contributed by atoms with Crippen LogP contribution in [0.3, 0.4) is 0 Å². The number of aryl methyl sites for hydroxylation is 1. The van der Waals surface area contributed by atoms with E-state index in [1.54, 1.807) is 12.1 Å². The minimum absolute atomic E-state index is 0.260. The molecule has 2 rings (SSSR count). The smallest absolute Gasteiger partial charge is 0.311 e. The molecule has 0 bridgehead atoms. The number of nitro groups is 1. The van der Waals surface area contributed by atoms with Gasteiger partial charge in [0, 0.05) is 17.3 Å². The summed E-state index contributed by atoms with van der Waals surface area (Å²) in [5.74, 6) is 0.190. The van der Waals surface area contributed by atoms with E-state index < -0.39 is 22.3 Å². The molecule has 0 radical (unpaired) electrons. The van der Waals surface area contributed by atoms with Crippen molar-refractivity contribution < 1.29 is 24.3 Å². The number of nitro benzene ring substituents is 1. The first-order chi connectivity index (χ1) is 12.9. The molecule has 8 heteroatoms. The first-order valence-electron chi connectivity index (χ1n) is 8.04. The van der Waals surface area contributed by atoms with Crippen molar-refractivity contribution in [3.63, 3.8) is 0 Å². The number of hydrogen-bond acceptors (Lipinski definition) is 6. The predicted octanol–water partition coefficient (Wildman–Crippen LogP) is 3.23. The van der Waals surface area contributed by atoms with Crippen LogP contribution in [0.1, 0.15) is 11.1 Å². The Morgan fingerprint density at radius 2 is 1.93 bits per heavy atom. The van der Waals surface area contributed by atoms with Crippen molar-refractivity contribution in [1.82, 2.24) is 0 Å². The van der Waals surface area contributed by atoms with Gasteiger partial charge in [0.15, 0.2) is 17.2 Å². The van der Waals surface area contributed by atoms with Gasteiger partial charge < -0.3 is 19.9 Å². The van der Waals surface area contributed by atoms with Crippen molar-refractivity contribution in [2.75, 3.05) is 19.5 Å². The van der Waals surface area contributed by atoms with Crippen LogP contribution in [0.15, 0.2) is 43.0 Å². The molecular formula is C19H20N2O6. The quantitative estimate of drug-likeness (QED) is 0.418. The summed E-state index contributed by atoms with van der Waals surface area (Å²) in [6.45, 7) is 3.38. The number of phenols is 1. The summed E-state index contributed by atoms with van der Waals surface area (Å²) in [7, 11) is 3.06. The molecule has 0 aliphatic rings. The lowest BCUT2D eigenvalue weighted by atomic mass is 10.0. The second-order valence-corrected chi connectivity index (χ2v) is 5.60. The summed E-state index contributed by atoms with van der Waals surface area (Å²) in [4.78, 5) is 22.0. The average molecular weight is 372 g/mol. The minimum atomic E-state index is -0.672. The number of anilines is 1. The van der Waals surface area contributed by atoms with Crippen LogP contribution < -0.4 is 14.8 Å². The van der Waals surface area contributed by atoms with E-state index in [2.05, 4.69) is 11.9 Å². The van der Waals surface area contributed by atoms with Gasteiger partial charge >= 0.3 is 5.69 Å². The van der Waals surface area contributed by atoms with Gasteiger partial charge in [-0.1, -0.05) is 12.6 Å². The fourth-order valence-electron chi connectivity index (χ4n) is 2.63. The number of amides is 1. The summed E-state index contributed by atoms with van der Waals surface area (Å²) in [5, 5.41) is 24.0. The number of hydrogen-bond donors (Lipinski definition) is 2. The van der Waals surface area contributed by atoms with Gasteiger partial charge in [-0.3, -0.25) is 14.9 Å². The molecule has 0 fully saturated rings. The molecule has 142 valence electrons. The molecule has 2 N–H and O–H groups in total. The van der Waals surface area contributed by atoms with Crippen LogP contribution in [-0.4, -0.2) is 30.2 Å². The minimum Gasteiger partial charge on any atom is -0.502 e. The van der Waals surface area contributed by atoms with E-state index in [1.165, 1.54) is 20.3 Å². The number of carbonyl (C=O) groups is 1. The highest BCUT2D eigenvalue weighted by molar-refractivity contribution is 5.99. The second-order valence-electron chi connectivity index (χ2n) is 5.60. The largest absolute Gasteiger partial charge is 0.502 e. The molecule has 0 aliphatic heterocycles. The molecule has 2 aromatic rings. The van der Waals surface area contributed by atoms with E-state index in [9.17, 15) is 20.0 Å². The van der Waals surface area contributed by atoms with Crippen LogP contribution in [0.4, 0.5) is 11.4 Å². The predicted molar refractivity (Wildman–Crippen MR) is 101 cm³/mol. The van der Waals surface area contributed by atoms with Crippen molar-refractivity contribution in [2.24, 2.45) is 0 Å². The zero-order valence-corrected chi connectivity index (χ0v) is 15.0. The monoisotopic (exact) mass is 372 g/mol. The number of phenolic OH excluding ortho intramolecular Hbond substituents is 1. The third-order valence-electron chi connectivity index (χ3n) is 4.01. The fraction of sp³-hybridized carbons (Fsp3) is 0.211. The van der Waals surface area contributed by atoms with Crippen molar-refractivity contribution in [1.29, 1.82) is 0 Å². The maximum atomic E-state index is 11.6. The number of nitrogens with zero attached hydrogens (tertiary/aromatic N) is 1. The number of ether oxygens (including phenoxy) is 2. The Bertz CT molecular complexity index is 879. The van der Waals surface area contributed by atoms with Gasteiger partial charge in [-0.15, -0.1) is 0 Å². The molecular weight excluding hydrogens is 352 g/mol. The summed E-state index contributed by atoms with van der Waals surface area (Å²) < 4.78 is 10.5. The standard InChI is InChI=1S/C19H20N2O6/c1-4-18(22)20-14-8-9-15(21(24)25)19(23)13(14)7-5-12-6-10-16(26-2)17(11-12)27-3/h4,6,8-11,23H,1,5,7H2,2-3H3,(H,20,22). The Labute approximate surface area is 156 Å². The Kier molecular flexibility index (Phi) is 6.37. The Hall–Kier alpha value is -3.55. The van der Waals surface area contributed by atoms with E-state index in [0.717, 1.165) is 17.7 Å². The van der Waals surface area contributed by atoms with E-state index in [0.29, 0.717) is 23.6 Å². The highest BCUT2D eigenvalue weighted by Crippen LogP contribution is 2.36. The van der Waals surface area contributed by atoms with E-state index in [1.807, 2.05) is 6.07 Å². The summed E-state index contributed by atoms with van der Waals surface area (Å²) in [6.07, 6.45) is 1.79. The van der Waals surface area contributed by atoms with Crippen LogP contribution in [0.2, 0.25) is 0 Å². The van der Waals surface area contributed by atoms with Gasteiger partial charge in [0.25, 0.3) is 0 Å². The maximum Gasteiger partial charge on any atom is 0.311 e. The van der Waals surface area contributed by atoms with Gasteiger partial charge in [-0.05, 0) is 42.7 Å². The number of nitrogens with one attached hydrogen (secondary N) is 1. The zero-order chi connectivity index (χ0) is 20.0. The third kappa shape index (κ3) is 4.55. The van der Waals surface area contributed by atoms with Crippen molar-refractivity contribution in [3.8, 4) is 17.2 Å². The summed E-state index contributed by atoms with van der Waals surface area (Å²) in [5.41, 5.74) is 1.02. The third-order valence-corrected chi connectivity index (χ3v) is 4.01. The molecule has 0 atom stereocenters. The highest BCUT2D eigenvalue weighted by atomic mass is 16.6. The van der Waals surface area contributed by atoms with Crippen molar-refractivity contribution in [2.45, 2.75) is 12.8 Å². The number of rotatable bonds is 8. The number of aromatic hydroxyl groups is 1. The maximum absolute atomic E-state index is 11.6. The molecule has 2 aromatic carbocycles. The van der Waals surface area contributed by atoms with Gasteiger partial charge in [-0.25, -0.2) is 0 Å². The van der Waals surface area contributed by atoms with Gasteiger partial charge in [0.1, 0.15) is 0 Å². The molecule has 1 amide bonds. The second kappa shape index (κ2) is 8.70. The van der Waals surface area contributed by atoms with E-state index in [4.69, 9.17) is 9.47 Å². The average Bonchev–Trinajstić information content (AvgIpc) is 2.66. The first kappa shape index (κ1) is 19.8. The van der Waals surface area contributed by atoms with Crippen molar-refractivity contribution >= 4 is 17.3 Å². The number of methoxy groups -OCH3 is 2. The number of carbonyl (C=O) groups excluding carboxylic acids is 1. The van der Waals surface area contributed by atoms with Crippen LogP contribution in [-0.2, 0) is 17.6 Å². The topological polar surface area (TPSA) is 111 Å². The molecule has 0 spiro atoms. The fourth-order valence-corrected chi connectivity index (χ4v) is 2.63. The Balaban J connectivity index is 2.35. The Morgan fingerprint density at radius 3 is 2.52 bits per heavy atom. The lowest BCUT2D eigenvalue weighted by molar-refractivity contribution is -0.385. The molecule has 0 saturated heterocycles. The lowest BCUT2D eigenvalue weighted by Crippen LogP contribution is -2.10.